The number of anilines is 1. The highest BCUT2D eigenvalue weighted by molar-refractivity contribution is 14.1. The second-order valence-electron chi connectivity index (χ2n) is 4.29. The normalized spacial score (nSPS) is 20.8. The molecule has 1 aromatic rings. The molecule has 0 amide bonds. The molecule has 5 heteroatoms. The second-order valence-corrected chi connectivity index (χ2v) is 5.45. The quantitative estimate of drug-likeness (QED) is 0.852. The standard InChI is InChI=1S/C11H17IN4/c1-16(7-9-3-2-4-13-5-9)11-10(12)6-14-8-15-11/h6,8-9,13H,2-5,7H2,1H3. The predicted octanol–water partition coefficient (Wildman–Crippen LogP) is 1.52. The van der Waals surface area contributed by atoms with E-state index in [-0.39, 0.29) is 0 Å². The molecule has 2 rings (SSSR count). The zero-order chi connectivity index (χ0) is 11.4. The number of hydrogen-bond acceptors (Lipinski definition) is 4. The number of nitrogens with zero attached hydrogens (tertiary/aromatic N) is 3. The van der Waals surface area contributed by atoms with Crippen LogP contribution in [-0.4, -0.2) is 36.6 Å². The SMILES string of the molecule is CN(CC1CCCNC1)c1ncncc1I. The van der Waals surface area contributed by atoms with E-state index in [2.05, 4.69) is 49.8 Å². The summed E-state index contributed by atoms with van der Waals surface area (Å²) in [6, 6.07) is 0. The summed E-state index contributed by atoms with van der Waals surface area (Å²) in [6.07, 6.45) is 6.09. The number of piperidine rings is 1. The van der Waals surface area contributed by atoms with Crippen LogP contribution in [0.4, 0.5) is 5.82 Å². The van der Waals surface area contributed by atoms with Crippen LogP contribution in [0.3, 0.4) is 0 Å². The first-order valence-corrected chi connectivity index (χ1v) is 6.72. The Labute approximate surface area is 110 Å². The number of hydrogen-bond donors (Lipinski definition) is 1. The largest absolute Gasteiger partial charge is 0.358 e. The lowest BCUT2D eigenvalue weighted by Gasteiger charge is -2.28. The first-order chi connectivity index (χ1) is 7.77. The summed E-state index contributed by atoms with van der Waals surface area (Å²) >= 11 is 2.29. The summed E-state index contributed by atoms with van der Waals surface area (Å²) in [7, 11) is 2.11. The number of rotatable bonds is 3. The van der Waals surface area contributed by atoms with Gasteiger partial charge in [0.05, 0.1) is 3.57 Å². The molecule has 1 unspecified atom stereocenters. The third kappa shape index (κ3) is 3.04. The Morgan fingerprint density at radius 3 is 3.19 bits per heavy atom. The number of halogens is 1. The Kier molecular flexibility index (Phi) is 4.34. The minimum absolute atomic E-state index is 0.740. The van der Waals surface area contributed by atoms with Crippen LogP contribution in [0.5, 0.6) is 0 Å². The van der Waals surface area contributed by atoms with E-state index in [0.717, 1.165) is 28.4 Å². The molecule has 1 atom stereocenters. The maximum absolute atomic E-state index is 4.33. The molecule has 0 aromatic carbocycles. The third-order valence-electron chi connectivity index (χ3n) is 2.94. The first kappa shape index (κ1) is 12.0. The van der Waals surface area contributed by atoms with Gasteiger partial charge in [0.25, 0.3) is 0 Å². The Balaban J connectivity index is 1.96. The molecule has 1 aliphatic heterocycles. The minimum atomic E-state index is 0.740. The number of aromatic nitrogens is 2. The van der Waals surface area contributed by atoms with E-state index in [1.807, 2.05) is 6.20 Å². The fourth-order valence-corrected chi connectivity index (χ4v) is 2.85. The summed E-state index contributed by atoms with van der Waals surface area (Å²) in [5, 5.41) is 3.44. The monoisotopic (exact) mass is 332 g/mol. The molecular weight excluding hydrogens is 315 g/mol. The molecule has 1 aliphatic rings. The van der Waals surface area contributed by atoms with Gasteiger partial charge in [-0.3, -0.25) is 0 Å². The Bertz CT molecular complexity index is 339. The van der Waals surface area contributed by atoms with Crippen LogP contribution in [0.2, 0.25) is 0 Å². The average Bonchev–Trinajstić information content (AvgIpc) is 2.31. The van der Waals surface area contributed by atoms with Gasteiger partial charge in [0.1, 0.15) is 12.1 Å². The summed E-state index contributed by atoms with van der Waals surface area (Å²) in [6.45, 7) is 3.37. The fourth-order valence-electron chi connectivity index (χ4n) is 2.14. The van der Waals surface area contributed by atoms with Crippen molar-refractivity contribution < 1.29 is 0 Å². The van der Waals surface area contributed by atoms with Crippen LogP contribution in [-0.2, 0) is 0 Å². The van der Waals surface area contributed by atoms with Crippen molar-refractivity contribution in [3.05, 3.63) is 16.1 Å². The molecule has 0 radical (unpaired) electrons. The summed E-state index contributed by atoms with van der Waals surface area (Å²) < 4.78 is 1.12. The zero-order valence-electron chi connectivity index (χ0n) is 9.49. The van der Waals surface area contributed by atoms with Gasteiger partial charge in [0, 0.05) is 19.8 Å². The number of nitrogens with one attached hydrogen (secondary N) is 1. The van der Waals surface area contributed by atoms with Gasteiger partial charge in [-0.1, -0.05) is 0 Å². The van der Waals surface area contributed by atoms with Gasteiger partial charge in [0.15, 0.2) is 0 Å². The molecule has 16 heavy (non-hydrogen) atoms. The molecular formula is C11H17IN4. The average molecular weight is 332 g/mol. The van der Waals surface area contributed by atoms with Crippen LogP contribution in [0.1, 0.15) is 12.8 Å². The highest BCUT2D eigenvalue weighted by atomic mass is 127. The van der Waals surface area contributed by atoms with Crippen LogP contribution in [0.25, 0.3) is 0 Å². The molecule has 0 spiro atoms. The zero-order valence-corrected chi connectivity index (χ0v) is 11.6. The van der Waals surface area contributed by atoms with E-state index in [4.69, 9.17) is 0 Å². The first-order valence-electron chi connectivity index (χ1n) is 5.64. The molecule has 4 nitrogen and oxygen atoms in total. The summed E-state index contributed by atoms with van der Waals surface area (Å²) in [5.74, 6) is 1.78. The molecule has 1 aromatic heterocycles. The van der Waals surface area contributed by atoms with Crippen molar-refractivity contribution in [3.8, 4) is 0 Å². The molecule has 1 N–H and O–H groups in total. The Hall–Kier alpha value is -0.430. The van der Waals surface area contributed by atoms with Crippen molar-refractivity contribution >= 4 is 28.4 Å². The van der Waals surface area contributed by atoms with Crippen molar-refractivity contribution in [2.24, 2.45) is 5.92 Å². The minimum Gasteiger partial charge on any atom is -0.358 e. The lowest BCUT2D eigenvalue weighted by atomic mass is 9.99. The smallest absolute Gasteiger partial charge is 0.145 e. The molecule has 0 aliphatic carbocycles. The van der Waals surface area contributed by atoms with E-state index >= 15 is 0 Å². The molecule has 1 fully saturated rings. The second kappa shape index (κ2) is 5.77. The van der Waals surface area contributed by atoms with Gasteiger partial charge in [-0.2, -0.15) is 0 Å². The molecule has 0 bridgehead atoms. The van der Waals surface area contributed by atoms with Gasteiger partial charge in [-0.15, -0.1) is 0 Å². The van der Waals surface area contributed by atoms with E-state index < -0.39 is 0 Å². The van der Waals surface area contributed by atoms with E-state index in [9.17, 15) is 0 Å². The van der Waals surface area contributed by atoms with Crippen molar-refractivity contribution in [2.45, 2.75) is 12.8 Å². The van der Waals surface area contributed by atoms with Crippen molar-refractivity contribution in [3.63, 3.8) is 0 Å². The maximum atomic E-state index is 4.33. The van der Waals surface area contributed by atoms with E-state index in [1.54, 1.807) is 6.33 Å². The molecule has 1 saturated heterocycles. The molecule has 2 heterocycles. The van der Waals surface area contributed by atoms with Gasteiger partial charge in [-0.05, 0) is 54.4 Å². The van der Waals surface area contributed by atoms with Gasteiger partial charge >= 0.3 is 0 Å². The van der Waals surface area contributed by atoms with E-state index in [0.29, 0.717) is 0 Å². The maximum Gasteiger partial charge on any atom is 0.145 e. The lowest BCUT2D eigenvalue weighted by molar-refractivity contribution is 0.380. The lowest BCUT2D eigenvalue weighted by Crippen LogP contribution is -2.37. The molecule has 88 valence electrons. The predicted molar refractivity (Wildman–Crippen MR) is 73.6 cm³/mol. The third-order valence-corrected chi connectivity index (χ3v) is 3.70. The van der Waals surface area contributed by atoms with Crippen LogP contribution in [0.15, 0.2) is 12.5 Å². The highest BCUT2D eigenvalue weighted by Crippen LogP contribution is 2.19. The topological polar surface area (TPSA) is 41.0 Å². The highest BCUT2D eigenvalue weighted by Gasteiger charge is 2.16. The van der Waals surface area contributed by atoms with Crippen LogP contribution < -0.4 is 10.2 Å². The summed E-state index contributed by atoms with van der Waals surface area (Å²) in [5.41, 5.74) is 0. The Morgan fingerprint density at radius 1 is 1.62 bits per heavy atom. The van der Waals surface area contributed by atoms with Crippen LogP contribution in [0, 0.1) is 9.49 Å². The van der Waals surface area contributed by atoms with E-state index in [1.165, 1.54) is 19.4 Å². The van der Waals surface area contributed by atoms with Crippen LogP contribution >= 0.6 is 22.6 Å². The summed E-state index contributed by atoms with van der Waals surface area (Å²) in [4.78, 5) is 10.6. The van der Waals surface area contributed by atoms with Gasteiger partial charge < -0.3 is 10.2 Å². The Morgan fingerprint density at radius 2 is 2.50 bits per heavy atom. The van der Waals surface area contributed by atoms with Crippen molar-refractivity contribution in [2.75, 3.05) is 31.6 Å². The van der Waals surface area contributed by atoms with Gasteiger partial charge in [-0.25, -0.2) is 9.97 Å². The molecule has 0 saturated carbocycles. The van der Waals surface area contributed by atoms with Crippen molar-refractivity contribution in [1.29, 1.82) is 0 Å². The fraction of sp³-hybridized carbons (Fsp3) is 0.636. The van der Waals surface area contributed by atoms with Gasteiger partial charge in [0.2, 0.25) is 0 Å². The van der Waals surface area contributed by atoms with Crippen molar-refractivity contribution in [1.82, 2.24) is 15.3 Å².